The zero-order valence-electron chi connectivity index (χ0n) is 14.0. The predicted octanol–water partition coefficient (Wildman–Crippen LogP) is 4.26. The smallest absolute Gasteiger partial charge is 0.0311 e. The van der Waals surface area contributed by atoms with Gasteiger partial charge in [0.1, 0.15) is 0 Å². The Labute approximate surface area is 143 Å². The molecule has 0 aliphatic heterocycles. The van der Waals surface area contributed by atoms with E-state index in [1.807, 2.05) is 0 Å². The van der Waals surface area contributed by atoms with Gasteiger partial charge in [0.05, 0.1) is 0 Å². The van der Waals surface area contributed by atoms with Gasteiger partial charge in [-0.1, -0.05) is 72.8 Å². The molecule has 24 heavy (non-hydrogen) atoms. The highest BCUT2D eigenvalue weighted by Crippen LogP contribution is 2.32. The molecule has 2 aliphatic rings. The van der Waals surface area contributed by atoms with Crippen molar-refractivity contribution in [2.75, 3.05) is 0 Å². The van der Waals surface area contributed by atoms with Crippen molar-refractivity contribution in [2.45, 2.75) is 31.5 Å². The van der Waals surface area contributed by atoms with Gasteiger partial charge in [0, 0.05) is 24.0 Å². The Morgan fingerprint density at radius 1 is 1.12 bits per heavy atom. The summed E-state index contributed by atoms with van der Waals surface area (Å²) in [5.41, 5.74) is 9.08. The maximum absolute atomic E-state index is 6.38. The Hall–Kier alpha value is -2.16. The molecule has 122 valence electrons. The number of fused-ring (bicyclic) bond motifs is 2. The number of nitrogens with two attached hydrogens (primary N) is 1. The van der Waals surface area contributed by atoms with E-state index in [4.69, 9.17) is 5.73 Å². The number of benzene rings is 2. The Morgan fingerprint density at radius 3 is 2.88 bits per heavy atom. The quantitative estimate of drug-likeness (QED) is 0.888. The van der Waals surface area contributed by atoms with Crippen LogP contribution in [0.15, 0.2) is 78.4 Å². The van der Waals surface area contributed by atoms with Crippen LogP contribution in [-0.2, 0) is 0 Å². The molecule has 0 aromatic heterocycles. The first-order valence-electron chi connectivity index (χ1n) is 8.78. The average molecular weight is 316 g/mol. The van der Waals surface area contributed by atoms with Crippen LogP contribution in [0.4, 0.5) is 0 Å². The van der Waals surface area contributed by atoms with Gasteiger partial charge < -0.3 is 11.1 Å². The Kier molecular flexibility index (Phi) is 4.09. The molecular weight excluding hydrogens is 292 g/mol. The molecule has 0 spiro atoms. The molecule has 0 heterocycles. The Bertz CT molecular complexity index is 825. The average Bonchev–Trinajstić information content (AvgIpc) is 2.61. The van der Waals surface area contributed by atoms with Crippen LogP contribution in [0.5, 0.6) is 0 Å². The van der Waals surface area contributed by atoms with Crippen molar-refractivity contribution in [3.8, 4) is 0 Å². The minimum atomic E-state index is 0.0900. The van der Waals surface area contributed by atoms with E-state index in [0.717, 1.165) is 6.42 Å². The van der Waals surface area contributed by atoms with Crippen molar-refractivity contribution in [1.29, 1.82) is 0 Å². The number of hydrogen-bond donors (Lipinski definition) is 2. The number of hydrogen-bond acceptors (Lipinski definition) is 2. The standard InChI is InChI=1S/C22H24N2/c1-15(18-12-4-8-16-7-2-3-11-19(16)18)24-21-14-6-10-17-9-5-13-20(23)22(17)21/h2-13,15,20-22,24H,14,23H2,1H3. The molecule has 2 nitrogen and oxygen atoms in total. The fourth-order valence-electron chi connectivity index (χ4n) is 4.12. The van der Waals surface area contributed by atoms with Crippen LogP contribution >= 0.6 is 0 Å². The predicted molar refractivity (Wildman–Crippen MR) is 102 cm³/mol. The molecule has 4 rings (SSSR count). The third-order valence-corrected chi connectivity index (χ3v) is 5.31. The van der Waals surface area contributed by atoms with E-state index in [1.54, 1.807) is 0 Å². The van der Waals surface area contributed by atoms with Crippen LogP contribution in [0.3, 0.4) is 0 Å². The van der Waals surface area contributed by atoms with Crippen LogP contribution < -0.4 is 11.1 Å². The van der Waals surface area contributed by atoms with Crippen molar-refractivity contribution >= 4 is 10.8 Å². The van der Waals surface area contributed by atoms with Crippen molar-refractivity contribution < 1.29 is 0 Å². The summed E-state index contributed by atoms with van der Waals surface area (Å²) in [5, 5.41) is 6.48. The first-order chi connectivity index (χ1) is 11.7. The van der Waals surface area contributed by atoms with Crippen molar-refractivity contribution in [1.82, 2.24) is 5.32 Å². The Balaban J connectivity index is 1.62. The van der Waals surface area contributed by atoms with Gasteiger partial charge in [0.15, 0.2) is 0 Å². The number of allylic oxidation sites excluding steroid dienone is 3. The van der Waals surface area contributed by atoms with Gasteiger partial charge >= 0.3 is 0 Å². The lowest BCUT2D eigenvalue weighted by molar-refractivity contribution is 0.337. The van der Waals surface area contributed by atoms with Crippen molar-refractivity contribution in [3.63, 3.8) is 0 Å². The molecule has 4 unspecified atom stereocenters. The molecular formula is C22H24N2. The Morgan fingerprint density at radius 2 is 1.96 bits per heavy atom. The van der Waals surface area contributed by atoms with Gasteiger partial charge in [0.2, 0.25) is 0 Å². The van der Waals surface area contributed by atoms with Gasteiger partial charge in [-0.3, -0.25) is 0 Å². The molecule has 3 N–H and O–H groups in total. The maximum atomic E-state index is 6.38. The molecule has 2 aliphatic carbocycles. The maximum Gasteiger partial charge on any atom is 0.0311 e. The minimum absolute atomic E-state index is 0.0900. The first-order valence-corrected chi connectivity index (χ1v) is 8.78. The van der Waals surface area contributed by atoms with Gasteiger partial charge in [-0.25, -0.2) is 0 Å². The number of rotatable bonds is 3. The lowest BCUT2D eigenvalue weighted by Gasteiger charge is -2.37. The second-order valence-corrected chi connectivity index (χ2v) is 6.86. The van der Waals surface area contributed by atoms with E-state index in [-0.39, 0.29) is 12.1 Å². The van der Waals surface area contributed by atoms with Gasteiger partial charge in [-0.05, 0) is 35.3 Å². The van der Waals surface area contributed by atoms with Crippen LogP contribution in [0.1, 0.15) is 24.9 Å². The van der Waals surface area contributed by atoms with Crippen LogP contribution in [0.25, 0.3) is 10.8 Å². The molecule has 0 saturated heterocycles. The second-order valence-electron chi connectivity index (χ2n) is 6.86. The molecule has 0 bridgehead atoms. The molecule has 0 radical (unpaired) electrons. The molecule has 2 aromatic carbocycles. The SMILES string of the molecule is CC(NC1CC=CC2=CC=CC(N)C21)c1cccc2ccccc12. The minimum Gasteiger partial charge on any atom is -0.324 e. The highest BCUT2D eigenvalue weighted by molar-refractivity contribution is 5.86. The molecule has 0 amide bonds. The third kappa shape index (κ3) is 2.72. The van der Waals surface area contributed by atoms with Crippen LogP contribution in [0, 0.1) is 5.92 Å². The molecule has 4 atom stereocenters. The zero-order chi connectivity index (χ0) is 16.5. The summed E-state index contributed by atoms with van der Waals surface area (Å²) in [7, 11) is 0. The van der Waals surface area contributed by atoms with Crippen molar-refractivity contribution in [3.05, 3.63) is 84.0 Å². The summed E-state index contributed by atoms with van der Waals surface area (Å²) in [6.45, 7) is 2.26. The topological polar surface area (TPSA) is 38.0 Å². The van der Waals surface area contributed by atoms with Crippen LogP contribution in [0.2, 0.25) is 0 Å². The molecule has 0 saturated carbocycles. The van der Waals surface area contributed by atoms with E-state index in [0.29, 0.717) is 12.0 Å². The first kappa shape index (κ1) is 15.4. The van der Waals surface area contributed by atoms with Gasteiger partial charge in [-0.15, -0.1) is 0 Å². The normalized spacial score (nSPS) is 26.9. The van der Waals surface area contributed by atoms with E-state index < -0.39 is 0 Å². The summed E-state index contributed by atoms with van der Waals surface area (Å²) in [4.78, 5) is 0. The summed E-state index contributed by atoms with van der Waals surface area (Å²) in [5.74, 6) is 0.359. The molecule has 2 aromatic rings. The van der Waals surface area contributed by atoms with E-state index in [1.165, 1.54) is 21.9 Å². The lowest BCUT2D eigenvalue weighted by Crippen LogP contribution is -2.47. The van der Waals surface area contributed by atoms with Crippen molar-refractivity contribution in [2.24, 2.45) is 11.7 Å². The molecule has 0 fully saturated rings. The highest BCUT2D eigenvalue weighted by Gasteiger charge is 2.32. The summed E-state index contributed by atoms with van der Waals surface area (Å²) in [6, 6.07) is 15.9. The fourth-order valence-corrected chi connectivity index (χ4v) is 4.12. The summed E-state index contributed by atoms with van der Waals surface area (Å²) in [6.07, 6.45) is 11.9. The lowest BCUT2D eigenvalue weighted by atomic mass is 9.77. The second kappa shape index (κ2) is 6.39. The monoisotopic (exact) mass is 316 g/mol. The molecule has 2 heteroatoms. The third-order valence-electron chi connectivity index (χ3n) is 5.31. The zero-order valence-corrected chi connectivity index (χ0v) is 14.0. The summed E-state index contributed by atoms with van der Waals surface area (Å²) < 4.78 is 0. The highest BCUT2D eigenvalue weighted by atomic mass is 15.0. The van der Waals surface area contributed by atoms with E-state index >= 15 is 0 Å². The van der Waals surface area contributed by atoms with Gasteiger partial charge in [-0.2, -0.15) is 0 Å². The largest absolute Gasteiger partial charge is 0.324 e. The van der Waals surface area contributed by atoms with E-state index in [2.05, 4.69) is 85.1 Å². The fraction of sp³-hybridized carbons (Fsp3) is 0.273. The number of nitrogens with one attached hydrogen (secondary N) is 1. The van der Waals surface area contributed by atoms with E-state index in [9.17, 15) is 0 Å². The van der Waals surface area contributed by atoms with Crippen LogP contribution in [-0.4, -0.2) is 12.1 Å². The summed E-state index contributed by atoms with van der Waals surface area (Å²) >= 11 is 0. The van der Waals surface area contributed by atoms with Gasteiger partial charge in [0.25, 0.3) is 0 Å².